The molecule has 1 saturated heterocycles. The normalized spacial score (nSPS) is 24.6. The summed E-state index contributed by atoms with van der Waals surface area (Å²) < 4.78 is 12.8. The predicted octanol–water partition coefficient (Wildman–Crippen LogP) is 5.20. The van der Waals surface area contributed by atoms with Gasteiger partial charge in [0.05, 0.1) is 6.61 Å². The van der Waals surface area contributed by atoms with E-state index in [9.17, 15) is 9.59 Å². The first-order valence-electron chi connectivity index (χ1n) is 13.0. The molecule has 0 unspecified atom stereocenters. The summed E-state index contributed by atoms with van der Waals surface area (Å²) >= 11 is 0. The van der Waals surface area contributed by atoms with Crippen LogP contribution in [0.5, 0.6) is 0 Å². The Hall–Kier alpha value is -2.15. The van der Waals surface area contributed by atoms with E-state index in [-0.39, 0.29) is 24.5 Å². The number of hydrogen-bond acceptors (Lipinski definition) is 5. The maximum atomic E-state index is 13.9. The van der Waals surface area contributed by atoms with Crippen LogP contribution in [0.3, 0.4) is 0 Å². The van der Waals surface area contributed by atoms with E-state index in [0.29, 0.717) is 30.5 Å². The summed E-state index contributed by atoms with van der Waals surface area (Å²) in [6, 6.07) is -0.00904. The van der Waals surface area contributed by atoms with Gasteiger partial charge in [-0.1, -0.05) is 19.4 Å². The highest BCUT2D eigenvalue weighted by atomic mass is 16.5. The molecule has 0 radical (unpaired) electrons. The van der Waals surface area contributed by atoms with Crippen molar-refractivity contribution in [3.05, 3.63) is 17.8 Å². The van der Waals surface area contributed by atoms with Crippen LogP contribution in [-0.2, 0) is 14.3 Å². The molecule has 0 N–H and O–H groups in total. The van der Waals surface area contributed by atoms with E-state index in [1.165, 1.54) is 12.8 Å². The van der Waals surface area contributed by atoms with Crippen molar-refractivity contribution >= 4 is 23.4 Å². The van der Waals surface area contributed by atoms with Gasteiger partial charge in [-0.05, 0) is 77.0 Å². The number of ether oxygens (including phenoxy) is 2. The molecule has 0 atom stereocenters. The number of carbonyl (C=O) groups is 2. The molecule has 3 aliphatic rings. The Balaban J connectivity index is 1.72. The van der Waals surface area contributed by atoms with Crippen molar-refractivity contribution in [1.82, 2.24) is 9.78 Å². The Morgan fingerprint density at radius 1 is 1.12 bits per heavy atom. The Bertz CT molecular complexity index is 848. The lowest BCUT2D eigenvalue weighted by Crippen LogP contribution is -2.47. The third-order valence-electron chi connectivity index (χ3n) is 7.39. The molecule has 182 valence electrons. The summed E-state index contributed by atoms with van der Waals surface area (Å²) in [6.45, 7) is 5.60. The zero-order valence-electron chi connectivity index (χ0n) is 20.3. The van der Waals surface area contributed by atoms with Gasteiger partial charge < -0.3 is 9.47 Å². The lowest BCUT2D eigenvalue weighted by molar-refractivity contribution is -0.124. The van der Waals surface area contributed by atoms with Crippen LogP contribution in [0.15, 0.2) is 12.3 Å². The molecule has 1 amide bonds. The fraction of sp³-hybridized carbons (Fsp3) is 0.731. The van der Waals surface area contributed by atoms with Crippen LogP contribution in [0.25, 0.3) is 5.70 Å². The van der Waals surface area contributed by atoms with Crippen LogP contribution < -0.4 is 4.90 Å². The maximum absolute atomic E-state index is 13.9. The van der Waals surface area contributed by atoms with Gasteiger partial charge in [0.25, 0.3) is 0 Å². The van der Waals surface area contributed by atoms with E-state index in [1.807, 2.05) is 9.58 Å². The number of anilines is 1. The first-order valence-corrected chi connectivity index (χ1v) is 13.0. The highest BCUT2D eigenvalue weighted by Gasteiger charge is 2.37. The monoisotopic (exact) mass is 457 g/mol. The van der Waals surface area contributed by atoms with Gasteiger partial charge in [-0.2, -0.15) is 0 Å². The Morgan fingerprint density at radius 2 is 1.88 bits per heavy atom. The van der Waals surface area contributed by atoms with Crippen molar-refractivity contribution in [1.29, 1.82) is 0 Å². The van der Waals surface area contributed by atoms with E-state index in [4.69, 9.17) is 14.6 Å². The zero-order chi connectivity index (χ0) is 23.2. The molecule has 0 bridgehead atoms. The second-order valence-corrected chi connectivity index (χ2v) is 9.83. The average molecular weight is 458 g/mol. The van der Waals surface area contributed by atoms with E-state index < -0.39 is 5.97 Å². The summed E-state index contributed by atoms with van der Waals surface area (Å²) in [5, 5.41) is 4.90. The van der Waals surface area contributed by atoms with Crippen molar-refractivity contribution in [3.63, 3.8) is 0 Å². The smallest absolute Gasteiger partial charge is 0.343 e. The molecule has 4 rings (SSSR count). The van der Waals surface area contributed by atoms with Gasteiger partial charge in [0.2, 0.25) is 5.91 Å². The molecular formula is C26H39N3O4. The zero-order valence-corrected chi connectivity index (χ0v) is 20.3. The van der Waals surface area contributed by atoms with Crippen molar-refractivity contribution < 1.29 is 19.1 Å². The van der Waals surface area contributed by atoms with Crippen LogP contribution in [0.1, 0.15) is 94.8 Å². The van der Waals surface area contributed by atoms with Crippen molar-refractivity contribution in [2.75, 3.05) is 24.7 Å². The average Bonchev–Trinajstić information content (AvgIpc) is 3.07. The van der Waals surface area contributed by atoms with Gasteiger partial charge in [0.1, 0.15) is 5.56 Å². The molecule has 0 aromatic carbocycles. The third kappa shape index (κ3) is 5.68. The van der Waals surface area contributed by atoms with Gasteiger partial charge in [0.15, 0.2) is 5.82 Å². The third-order valence-corrected chi connectivity index (χ3v) is 7.39. The molecule has 1 aliphatic heterocycles. The fourth-order valence-corrected chi connectivity index (χ4v) is 5.35. The topological polar surface area (TPSA) is 73.7 Å². The van der Waals surface area contributed by atoms with Gasteiger partial charge in [-0.25, -0.2) is 9.48 Å². The lowest BCUT2D eigenvalue weighted by atomic mass is 9.82. The number of hydrogen-bond donors (Lipinski definition) is 0. The maximum Gasteiger partial charge on any atom is 0.343 e. The first-order chi connectivity index (χ1) is 16.1. The van der Waals surface area contributed by atoms with Crippen LogP contribution >= 0.6 is 0 Å². The number of amides is 1. The standard InChI is InChI=1S/C26H39N3O4/c1-3-33-26(31)23-18-28(21-8-6-4-5-7-9-21)27-24(23)29(22-14-16-32-17-15-22)25(30)20-12-10-19(2)11-13-20/h8,18-20,22H,3-7,9-17H2,1-2H3. The van der Waals surface area contributed by atoms with E-state index >= 15 is 0 Å². The van der Waals surface area contributed by atoms with E-state index in [1.54, 1.807) is 13.1 Å². The Kier molecular flexibility index (Phi) is 8.23. The van der Waals surface area contributed by atoms with E-state index in [2.05, 4.69) is 13.0 Å². The molecule has 7 nitrogen and oxygen atoms in total. The van der Waals surface area contributed by atoms with Gasteiger partial charge in [-0.3, -0.25) is 9.69 Å². The molecule has 1 aromatic rings. The number of nitrogens with zero attached hydrogens (tertiary/aromatic N) is 3. The molecule has 7 heteroatoms. The molecule has 1 aromatic heterocycles. The second-order valence-electron chi connectivity index (χ2n) is 9.83. The number of aromatic nitrogens is 2. The SMILES string of the molecule is CCOC(=O)c1cn(C2=CCCCCC2)nc1N(C(=O)C1CCC(C)CC1)C1CCOCC1. The van der Waals surface area contributed by atoms with Gasteiger partial charge in [0, 0.05) is 37.1 Å². The quantitative estimate of drug-likeness (QED) is 0.549. The molecule has 2 fully saturated rings. The Morgan fingerprint density at radius 3 is 2.61 bits per heavy atom. The number of rotatable bonds is 6. The molecular weight excluding hydrogens is 418 g/mol. The second kappa shape index (κ2) is 11.3. The molecule has 33 heavy (non-hydrogen) atoms. The van der Waals surface area contributed by atoms with E-state index in [0.717, 1.165) is 63.5 Å². The lowest BCUT2D eigenvalue weighted by Gasteiger charge is -2.37. The Labute approximate surface area is 197 Å². The van der Waals surface area contributed by atoms with Crippen LogP contribution in [0.2, 0.25) is 0 Å². The molecule has 0 spiro atoms. The van der Waals surface area contributed by atoms with Crippen molar-refractivity contribution in [3.8, 4) is 0 Å². The van der Waals surface area contributed by atoms with Crippen molar-refractivity contribution in [2.24, 2.45) is 11.8 Å². The highest BCUT2D eigenvalue weighted by Crippen LogP contribution is 2.35. The summed E-state index contributed by atoms with van der Waals surface area (Å²) in [6.07, 6.45) is 14.9. The predicted molar refractivity (Wildman–Crippen MR) is 128 cm³/mol. The molecule has 1 saturated carbocycles. The summed E-state index contributed by atoms with van der Waals surface area (Å²) in [7, 11) is 0. The van der Waals surface area contributed by atoms with Crippen LogP contribution in [0, 0.1) is 11.8 Å². The summed E-state index contributed by atoms with van der Waals surface area (Å²) in [5.74, 6) is 0.826. The minimum atomic E-state index is -0.407. The first kappa shape index (κ1) is 24.0. The summed E-state index contributed by atoms with van der Waals surface area (Å²) in [4.78, 5) is 28.8. The largest absolute Gasteiger partial charge is 0.462 e. The molecule has 2 aliphatic carbocycles. The van der Waals surface area contributed by atoms with Gasteiger partial charge in [-0.15, -0.1) is 5.10 Å². The summed E-state index contributed by atoms with van der Waals surface area (Å²) in [5.41, 5.74) is 1.50. The van der Waals surface area contributed by atoms with Crippen molar-refractivity contribution in [2.45, 2.75) is 90.5 Å². The fourth-order valence-electron chi connectivity index (χ4n) is 5.35. The number of allylic oxidation sites excluding steroid dienone is 2. The van der Waals surface area contributed by atoms with Gasteiger partial charge >= 0.3 is 5.97 Å². The molecule has 2 heterocycles. The minimum absolute atomic E-state index is 0.00904. The van der Waals surface area contributed by atoms with Crippen LogP contribution in [-0.4, -0.2) is 47.5 Å². The highest BCUT2D eigenvalue weighted by molar-refractivity contribution is 6.02. The number of carbonyl (C=O) groups excluding carboxylic acids is 2. The number of esters is 1. The van der Waals surface area contributed by atoms with Crippen LogP contribution in [0.4, 0.5) is 5.82 Å². The minimum Gasteiger partial charge on any atom is -0.462 e.